The highest BCUT2D eigenvalue weighted by Gasteiger charge is 2.11. The van der Waals surface area contributed by atoms with E-state index >= 15 is 0 Å². The van der Waals surface area contributed by atoms with Gasteiger partial charge in [0.05, 0.1) is 0 Å². The van der Waals surface area contributed by atoms with Gasteiger partial charge < -0.3 is 5.11 Å². The molecular formula is C14H13BrO. The second kappa shape index (κ2) is 4.81. The molecule has 0 unspecified atom stereocenters. The van der Waals surface area contributed by atoms with Crippen molar-refractivity contribution in [3.63, 3.8) is 0 Å². The summed E-state index contributed by atoms with van der Waals surface area (Å²) in [7, 11) is 0. The van der Waals surface area contributed by atoms with Gasteiger partial charge in [0, 0.05) is 4.47 Å². The second-order valence-corrected chi connectivity index (χ2v) is 4.73. The fourth-order valence-electron chi connectivity index (χ4n) is 1.72. The van der Waals surface area contributed by atoms with E-state index in [1.165, 1.54) is 0 Å². The number of hydrogen-bond acceptors (Lipinski definition) is 1. The van der Waals surface area contributed by atoms with Crippen molar-refractivity contribution in [1.29, 1.82) is 0 Å². The Morgan fingerprint density at radius 3 is 2.25 bits per heavy atom. The van der Waals surface area contributed by atoms with E-state index < -0.39 is 6.10 Å². The Balaban J connectivity index is 2.35. The van der Waals surface area contributed by atoms with Crippen LogP contribution in [0.4, 0.5) is 0 Å². The first-order valence-corrected chi connectivity index (χ1v) is 5.97. The van der Waals surface area contributed by atoms with E-state index in [2.05, 4.69) is 15.9 Å². The number of hydrogen-bond donors (Lipinski definition) is 1. The highest BCUT2D eigenvalue weighted by atomic mass is 79.9. The maximum Gasteiger partial charge on any atom is 0.104 e. The number of aryl methyl sites for hydroxylation is 1. The van der Waals surface area contributed by atoms with Crippen LogP contribution in [0.5, 0.6) is 0 Å². The Morgan fingerprint density at radius 1 is 1.00 bits per heavy atom. The van der Waals surface area contributed by atoms with Crippen LogP contribution in [-0.2, 0) is 0 Å². The van der Waals surface area contributed by atoms with Crippen LogP contribution < -0.4 is 0 Å². The van der Waals surface area contributed by atoms with Gasteiger partial charge in [-0.2, -0.15) is 0 Å². The lowest BCUT2D eigenvalue weighted by Crippen LogP contribution is -2.01. The zero-order valence-electron chi connectivity index (χ0n) is 9.02. The minimum absolute atomic E-state index is 0.547. The van der Waals surface area contributed by atoms with Crippen molar-refractivity contribution in [1.82, 2.24) is 0 Å². The number of benzene rings is 2. The van der Waals surface area contributed by atoms with Crippen LogP contribution in [0.25, 0.3) is 0 Å². The predicted molar refractivity (Wildman–Crippen MR) is 69.4 cm³/mol. The monoisotopic (exact) mass is 276 g/mol. The van der Waals surface area contributed by atoms with E-state index in [1.807, 2.05) is 55.5 Å². The third-order valence-electron chi connectivity index (χ3n) is 2.67. The molecule has 82 valence electrons. The molecule has 0 spiro atoms. The highest BCUT2D eigenvalue weighted by molar-refractivity contribution is 9.10. The third-order valence-corrected chi connectivity index (χ3v) is 3.20. The Bertz CT molecular complexity index is 476. The summed E-state index contributed by atoms with van der Waals surface area (Å²) in [4.78, 5) is 0. The Kier molecular flexibility index (Phi) is 3.42. The summed E-state index contributed by atoms with van der Waals surface area (Å²) in [5.41, 5.74) is 2.99. The van der Waals surface area contributed by atoms with E-state index in [0.29, 0.717) is 0 Å². The van der Waals surface area contributed by atoms with Gasteiger partial charge in [0.2, 0.25) is 0 Å². The SMILES string of the molecule is Cc1ccccc1[C@@H](O)c1ccc(Br)cc1. The summed E-state index contributed by atoms with van der Waals surface area (Å²) in [6.07, 6.45) is -0.547. The van der Waals surface area contributed by atoms with Crippen molar-refractivity contribution in [3.8, 4) is 0 Å². The zero-order chi connectivity index (χ0) is 11.5. The number of rotatable bonds is 2. The molecule has 0 amide bonds. The molecule has 0 fully saturated rings. The molecule has 0 radical (unpaired) electrons. The van der Waals surface area contributed by atoms with Crippen LogP contribution in [0.3, 0.4) is 0 Å². The van der Waals surface area contributed by atoms with Gasteiger partial charge in [0.1, 0.15) is 6.10 Å². The van der Waals surface area contributed by atoms with Crippen LogP contribution >= 0.6 is 15.9 Å². The highest BCUT2D eigenvalue weighted by Crippen LogP contribution is 2.25. The molecule has 0 aliphatic heterocycles. The summed E-state index contributed by atoms with van der Waals surface area (Å²) in [6.45, 7) is 2.01. The molecule has 1 nitrogen and oxygen atoms in total. The molecule has 16 heavy (non-hydrogen) atoms. The molecule has 0 aromatic heterocycles. The lowest BCUT2D eigenvalue weighted by atomic mass is 9.98. The van der Waals surface area contributed by atoms with Crippen LogP contribution in [0.2, 0.25) is 0 Å². The lowest BCUT2D eigenvalue weighted by molar-refractivity contribution is 0.219. The van der Waals surface area contributed by atoms with E-state index in [9.17, 15) is 5.11 Å². The van der Waals surface area contributed by atoms with Gasteiger partial charge in [-0.15, -0.1) is 0 Å². The summed E-state index contributed by atoms with van der Waals surface area (Å²) >= 11 is 3.38. The van der Waals surface area contributed by atoms with E-state index in [0.717, 1.165) is 21.2 Å². The van der Waals surface area contributed by atoms with Crippen LogP contribution in [-0.4, -0.2) is 5.11 Å². The van der Waals surface area contributed by atoms with Gasteiger partial charge in [-0.25, -0.2) is 0 Å². The predicted octanol–water partition coefficient (Wildman–Crippen LogP) is 3.84. The molecule has 2 aromatic carbocycles. The summed E-state index contributed by atoms with van der Waals surface area (Å²) in [5.74, 6) is 0. The van der Waals surface area contributed by atoms with E-state index in [-0.39, 0.29) is 0 Å². The first kappa shape index (κ1) is 11.4. The van der Waals surface area contributed by atoms with Crippen LogP contribution in [0.1, 0.15) is 22.8 Å². The number of halogens is 1. The molecule has 0 saturated carbocycles. The fourth-order valence-corrected chi connectivity index (χ4v) is 1.98. The third kappa shape index (κ3) is 2.34. The summed E-state index contributed by atoms with van der Waals surface area (Å²) in [5, 5.41) is 10.2. The first-order valence-electron chi connectivity index (χ1n) is 5.17. The molecule has 0 bridgehead atoms. The lowest BCUT2D eigenvalue weighted by Gasteiger charge is -2.13. The minimum atomic E-state index is -0.547. The molecule has 0 saturated heterocycles. The van der Waals surface area contributed by atoms with Crippen molar-refractivity contribution in [3.05, 3.63) is 69.7 Å². The van der Waals surface area contributed by atoms with Crippen molar-refractivity contribution in [2.24, 2.45) is 0 Å². The Morgan fingerprint density at radius 2 is 1.62 bits per heavy atom. The van der Waals surface area contributed by atoms with Crippen molar-refractivity contribution in [2.75, 3.05) is 0 Å². The largest absolute Gasteiger partial charge is 0.384 e. The molecule has 1 atom stereocenters. The van der Waals surface area contributed by atoms with Crippen molar-refractivity contribution < 1.29 is 5.11 Å². The van der Waals surface area contributed by atoms with E-state index in [4.69, 9.17) is 0 Å². The summed E-state index contributed by atoms with van der Waals surface area (Å²) < 4.78 is 1.02. The van der Waals surface area contributed by atoms with Crippen molar-refractivity contribution >= 4 is 15.9 Å². The molecule has 1 N–H and O–H groups in total. The second-order valence-electron chi connectivity index (χ2n) is 3.81. The maximum atomic E-state index is 10.2. The van der Waals surface area contributed by atoms with E-state index in [1.54, 1.807) is 0 Å². The molecule has 2 rings (SSSR count). The van der Waals surface area contributed by atoms with Crippen LogP contribution in [0.15, 0.2) is 53.0 Å². The Hall–Kier alpha value is -1.12. The first-order chi connectivity index (χ1) is 7.68. The minimum Gasteiger partial charge on any atom is -0.384 e. The Labute approximate surface area is 104 Å². The molecule has 2 heteroatoms. The zero-order valence-corrected chi connectivity index (χ0v) is 10.6. The smallest absolute Gasteiger partial charge is 0.104 e. The maximum absolute atomic E-state index is 10.2. The fraction of sp³-hybridized carbons (Fsp3) is 0.143. The molecule has 0 aliphatic carbocycles. The van der Waals surface area contributed by atoms with Gasteiger partial charge in [-0.05, 0) is 35.7 Å². The standard InChI is InChI=1S/C14H13BrO/c1-10-4-2-3-5-13(10)14(16)11-6-8-12(15)9-7-11/h2-9,14,16H,1H3/t14-/m0/s1. The normalized spacial score (nSPS) is 12.4. The average Bonchev–Trinajstić information content (AvgIpc) is 2.30. The van der Waals surface area contributed by atoms with Gasteiger partial charge >= 0.3 is 0 Å². The topological polar surface area (TPSA) is 20.2 Å². The molecule has 0 heterocycles. The van der Waals surface area contributed by atoms with Gasteiger partial charge in [-0.3, -0.25) is 0 Å². The van der Waals surface area contributed by atoms with Gasteiger partial charge in [0.15, 0.2) is 0 Å². The van der Waals surface area contributed by atoms with Crippen molar-refractivity contribution in [2.45, 2.75) is 13.0 Å². The van der Waals surface area contributed by atoms with Gasteiger partial charge in [0.25, 0.3) is 0 Å². The average molecular weight is 277 g/mol. The molecule has 2 aromatic rings. The quantitative estimate of drug-likeness (QED) is 0.884. The molecule has 0 aliphatic rings. The number of aliphatic hydroxyl groups is 1. The van der Waals surface area contributed by atoms with Crippen LogP contribution in [0, 0.1) is 6.92 Å². The number of aliphatic hydroxyl groups excluding tert-OH is 1. The van der Waals surface area contributed by atoms with Gasteiger partial charge in [-0.1, -0.05) is 52.3 Å². The molecular weight excluding hydrogens is 264 g/mol. The summed E-state index contributed by atoms with van der Waals surface area (Å²) in [6, 6.07) is 15.6.